The SMILES string of the molecule is CC(=Cc1coc(CN)n1)[C@@H]1CC2CC2(C)CC=C[C@H](C)[C@H](O)[C@@H](C)C(=O)C(C)(C)[C@@H](O)CC(=O)O1. The van der Waals surface area contributed by atoms with Crippen LogP contribution in [-0.2, 0) is 20.9 Å². The maximum absolute atomic E-state index is 13.2. The number of rotatable bonds is 3. The first-order chi connectivity index (χ1) is 16.8. The van der Waals surface area contributed by atoms with Crippen molar-refractivity contribution in [1.82, 2.24) is 4.98 Å². The first-order valence-electron chi connectivity index (χ1n) is 12.9. The summed E-state index contributed by atoms with van der Waals surface area (Å²) in [6, 6.07) is 0. The minimum absolute atomic E-state index is 0.0761. The second-order valence-electron chi connectivity index (χ2n) is 11.6. The van der Waals surface area contributed by atoms with E-state index in [2.05, 4.69) is 18.0 Å². The molecule has 2 aliphatic rings. The standard InChI is InChI=1S/C28H42N2O6/c1-16-8-7-9-28(6)13-19(28)11-21(17(2)10-20-15-35-23(14-29)30-20)36-24(32)12-22(31)27(4,5)26(34)18(3)25(16)33/h7-8,10,15-16,18-19,21-22,25,31,33H,9,11-14,29H2,1-6H3/t16-,18+,19?,21-,22-,25-,28?/m0/s1. The summed E-state index contributed by atoms with van der Waals surface area (Å²) in [5.41, 5.74) is 5.86. The smallest absolute Gasteiger partial charge is 0.309 e. The fourth-order valence-corrected chi connectivity index (χ4v) is 5.17. The molecule has 1 aromatic heterocycles. The quantitative estimate of drug-likeness (QED) is 0.419. The number of aliphatic hydroxyl groups excluding tert-OH is 2. The highest BCUT2D eigenvalue weighted by molar-refractivity contribution is 5.88. The highest BCUT2D eigenvalue weighted by Gasteiger charge is 2.50. The molecule has 2 heterocycles. The van der Waals surface area contributed by atoms with E-state index in [1.54, 1.807) is 20.8 Å². The average Bonchev–Trinajstić information content (AvgIpc) is 3.23. The van der Waals surface area contributed by atoms with Crippen molar-refractivity contribution in [3.05, 3.63) is 35.6 Å². The van der Waals surface area contributed by atoms with Gasteiger partial charge >= 0.3 is 5.97 Å². The molecule has 1 aliphatic carbocycles. The fraction of sp³-hybridized carbons (Fsp3) is 0.679. The minimum Gasteiger partial charge on any atom is -0.458 e. The van der Waals surface area contributed by atoms with E-state index in [4.69, 9.17) is 14.9 Å². The highest BCUT2D eigenvalue weighted by Crippen LogP contribution is 2.58. The van der Waals surface area contributed by atoms with Crippen molar-refractivity contribution in [2.75, 3.05) is 0 Å². The molecule has 1 aliphatic heterocycles. The fourth-order valence-electron chi connectivity index (χ4n) is 5.17. The molecule has 0 aromatic carbocycles. The van der Waals surface area contributed by atoms with Gasteiger partial charge in [-0.25, -0.2) is 4.98 Å². The van der Waals surface area contributed by atoms with Gasteiger partial charge < -0.3 is 25.1 Å². The number of cyclic esters (lactones) is 1. The molecular weight excluding hydrogens is 460 g/mol. The van der Waals surface area contributed by atoms with E-state index in [-0.39, 0.29) is 30.1 Å². The summed E-state index contributed by atoms with van der Waals surface area (Å²) in [6.07, 6.45) is 6.96. The van der Waals surface area contributed by atoms with E-state index in [9.17, 15) is 19.8 Å². The zero-order chi connectivity index (χ0) is 26.8. The number of aliphatic hydroxyl groups is 2. The topological polar surface area (TPSA) is 136 Å². The predicted octanol–water partition coefficient (Wildman–Crippen LogP) is 3.80. The molecule has 8 nitrogen and oxygen atoms in total. The second kappa shape index (κ2) is 11.0. The number of nitrogens with zero attached hydrogens (tertiary/aromatic N) is 1. The number of esters is 1. The average molecular weight is 503 g/mol. The molecule has 4 N–H and O–H groups in total. The number of Topliss-reactive ketones (excluding diaryl/α,β-unsaturated/α-hetero) is 1. The first-order valence-corrected chi connectivity index (χ1v) is 12.9. The molecule has 0 saturated heterocycles. The number of ether oxygens (including phenoxy) is 1. The number of allylic oxidation sites excluding steroid dienone is 1. The molecule has 3 rings (SSSR count). The summed E-state index contributed by atoms with van der Waals surface area (Å²) < 4.78 is 11.2. The number of nitrogens with two attached hydrogens (primary N) is 1. The van der Waals surface area contributed by atoms with Crippen LogP contribution in [0.5, 0.6) is 0 Å². The van der Waals surface area contributed by atoms with Crippen LogP contribution in [0.3, 0.4) is 0 Å². The maximum atomic E-state index is 13.2. The molecule has 7 atom stereocenters. The predicted molar refractivity (Wildman–Crippen MR) is 136 cm³/mol. The van der Waals surface area contributed by atoms with E-state index < -0.39 is 35.6 Å². The number of carbonyl (C=O) groups excluding carboxylic acids is 2. The molecule has 0 bridgehead atoms. The van der Waals surface area contributed by atoms with Gasteiger partial charge in [0.25, 0.3) is 0 Å². The number of aromatic nitrogens is 1. The van der Waals surface area contributed by atoms with Crippen molar-refractivity contribution in [2.24, 2.45) is 34.3 Å². The Labute approximate surface area is 214 Å². The number of fused-ring (bicyclic) bond motifs is 1. The van der Waals surface area contributed by atoms with Gasteiger partial charge in [-0.2, -0.15) is 0 Å². The summed E-state index contributed by atoms with van der Waals surface area (Å²) in [7, 11) is 0. The molecule has 200 valence electrons. The van der Waals surface area contributed by atoms with E-state index in [0.29, 0.717) is 23.9 Å². The van der Waals surface area contributed by atoms with Crippen LogP contribution >= 0.6 is 0 Å². The molecule has 2 unspecified atom stereocenters. The molecule has 0 spiro atoms. The minimum atomic E-state index is -1.25. The monoisotopic (exact) mass is 502 g/mol. The van der Waals surface area contributed by atoms with Crippen molar-refractivity contribution in [3.63, 3.8) is 0 Å². The number of hydrogen-bond donors (Lipinski definition) is 3. The lowest BCUT2D eigenvalue weighted by atomic mass is 9.73. The number of oxazole rings is 1. The molecule has 8 heteroatoms. The van der Waals surface area contributed by atoms with Gasteiger partial charge in [-0.3, -0.25) is 9.59 Å². The van der Waals surface area contributed by atoms with Gasteiger partial charge in [0, 0.05) is 11.8 Å². The van der Waals surface area contributed by atoms with Crippen molar-refractivity contribution < 1.29 is 29.0 Å². The third-order valence-electron chi connectivity index (χ3n) is 8.25. The van der Waals surface area contributed by atoms with Crippen LogP contribution in [-0.4, -0.2) is 45.3 Å². The first kappa shape index (κ1) is 28.3. The Morgan fingerprint density at radius 3 is 2.58 bits per heavy atom. The van der Waals surface area contributed by atoms with E-state index in [0.717, 1.165) is 18.4 Å². The molecule has 1 saturated carbocycles. The van der Waals surface area contributed by atoms with E-state index in [1.165, 1.54) is 6.26 Å². The lowest BCUT2D eigenvalue weighted by Gasteiger charge is -2.34. The largest absolute Gasteiger partial charge is 0.458 e. The van der Waals surface area contributed by atoms with Crippen LogP contribution in [0.2, 0.25) is 0 Å². The third kappa shape index (κ3) is 6.33. The van der Waals surface area contributed by atoms with Crippen molar-refractivity contribution >= 4 is 17.8 Å². The molecule has 36 heavy (non-hydrogen) atoms. The second-order valence-corrected chi connectivity index (χ2v) is 11.6. The van der Waals surface area contributed by atoms with E-state index >= 15 is 0 Å². The Bertz CT molecular complexity index is 1010. The van der Waals surface area contributed by atoms with Crippen LogP contribution < -0.4 is 5.73 Å². The van der Waals surface area contributed by atoms with Crippen molar-refractivity contribution in [1.29, 1.82) is 0 Å². The van der Waals surface area contributed by atoms with Gasteiger partial charge in [0.15, 0.2) is 0 Å². The summed E-state index contributed by atoms with van der Waals surface area (Å²) in [5.74, 6) is -0.980. The Balaban J connectivity index is 1.89. The number of carbonyl (C=O) groups is 2. The van der Waals surface area contributed by atoms with Gasteiger partial charge in [0.05, 0.1) is 30.6 Å². The number of hydrogen-bond acceptors (Lipinski definition) is 8. The Kier molecular flexibility index (Phi) is 8.63. The number of ketones is 1. The summed E-state index contributed by atoms with van der Waals surface area (Å²) >= 11 is 0. The summed E-state index contributed by atoms with van der Waals surface area (Å²) in [4.78, 5) is 30.5. The van der Waals surface area contributed by atoms with E-state index in [1.807, 2.05) is 26.0 Å². The molecule has 1 aromatic rings. The van der Waals surface area contributed by atoms with Gasteiger partial charge in [-0.05, 0) is 49.2 Å². The third-order valence-corrected chi connectivity index (χ3v) is 8.25. The molecule has 1 fully saturated rings. The van der Waals surface area contributed by atoms with Gasteiger partial charge in [0.1, 0.15) is 23.8 Å². The summed E-state index contributed by atoms with van der Waals surface area (Å²) in [5, 5.41) is 21.7. The maximum Gasteiger partial charge on any atom is 0.309 e. The Morgan fingerprint density at radius 1 is 1.25 bits per heavy atom. The zero-order valence-electron chi connectivity index (χ0n) is 22.4. The van der Waals surface area contributed by atoms with Crippen molar-refractivity contribution in [2.45, 2.75) is 92.1 Å². The normalized spacial score (nSPS) is 36.3. The Morgan fingerprint density at radius 2 is 1.94 bits per heavy atom. The van der Waals surface area contributed by atoms with Crippen LogP contribution in [0.1, 0.15) is 78.8 Å². The van der Waals surface area contributed by atoms with Crippen molar-refractivity contribution in [3.8, 4) is 0 Å². The lowest BCUT2D eigenvalue weighted by Crippen LogP contribution is -2.45. The summed E-state index contributed by atoms with van der Waals surface area (Å²) in [6.45, 7) is 11.1. The van der Waals surface area contributed by atoms with Gasteiger partial charge in [0.2, 0.25) is 5.89 Å². The van der Waals surface area contributed by atoms with Gasteiger partial charge in [-0.15, -0.1) is 0 Å². The van der Waals surface area contributed by atoms with Crippen LogP contribution in [0, 0.1) is 28.6 Å². The van der Waals surface area contributed by atoms with Gasteiger partial charge in [-0.1, -0.05) is 46.8 Å². The van der Waals surface area contributed by atoms with Crippen LogP contribution in [0.4, 0.5) is 0 Å². The highest BCUT2D eigenvalue weighted by atomic mass is 16.5. The van der Waals surface area contributed by atoms with Crippen LogP contribution in [0.15, 0.2) is 28.4 Å². The van der Waals surface area contributed by atoms with Crippen LogP contribution in [0.25, 0.3) is 6.08 Å². The zero-order valence-corrected chi connectivity index (χ0v) is 22.4. The molecule has 0 amide bonds. The Hall–Kier alpha value is -2.29. The molecule has 0 radical (unpaired) electrons. The molecular formula is C28H42N2O6. The lowest BCUT2D eigenvalue weighted by molar-refractivity contribution is -0.154.